The van der Waals surface area contributed by atoms with Gasteiger partial charge in [-0.3, -0.25) is 31.1 Å². The number of methoxy groups -OCH3 is 1. The van der Waals surface area contributed by atoms with E-state index in [1.165, 1.54) is 6.39 Å². The Balaban J connectivity index is 1.43. The molecule has 12 heteroatoms. The van der Waals surface area contributed by atoms with Crippen molar-refractivity contribution in [1.82, 2.24) is 36.6 Å². The number of amides is 1. The Morgan fingerprint density at radius 1 is 1.26 bits per heavy atom. The molecule has 1 saturated heterocycles. The first-order chi connectivity index (χ1) is 16.7. The van der Waals surface area contributed by atoms with E-state index in [-0.39, 0.29) is 11.9 Å². The molecule has 180 valence electrons. The van der Waals surface area contributed by atoms with E-state index in [0.717, 1.165) is 48.8 Å². The first-order valence-corrected chi connectivity index (χ1v) is 11.1. The lowest BCUT2D eigenvalue weighted by Crippen LogP contribution is -2.53. The van der Waals surface area contributed by atoms with Crippen LogP contribution in [0.5, 0.6) is 5.75 Å². The van der Waals surface area contributed by atoms with Crippen LogP contribution < -0.4 is 31.8 Å². The van der Waals surface area contributed by atoms with E-state index >= 15 is 0 Å². The van der Waals surface area contributed by atoms with Crippen LogP contribution in [0.2, 0.25) is 0 Å². The molecule has 2 aromatic rings. The summed E-state index contributed by atoms with van der Waals surface area (Å²) in [6.45, 7) is 1.95. The van der Waals surface area contributed by atoms with E-state index in [1.807, 2.05) is 17.3 Å². The van der Waals surface area contributed by atoms with Crippen LogP contribution in [0, 0.1) is 0 Å². The number of rotatable bonds is 7. The molecule has 4 heterocycles. The highest BCUT2D eigenvalue weighted by Gasteiger charge is 2.34. The fourth-order valence-corrected chi connectivity index (χ4v) is 4.14. The van der Waals surface area contributed by atoms with Gasteiger partial charge in [0.05, 0.1) is 30.9 Å². The highest BCUT2D eigenvalue weighted by Crippen LogP contribution is 2.32. The molecule has 0 unspecified atom stereocenters. The second-order valence-corrected chi connectivity index (χ2v) is 8.04. The Kier molecular flexibility index (Phi) is 6.14. The summed E-state index contributed by atoms with van der Waals surface area (Å²) in [5.74, 6) is 1.02. The molecule has 0 saturated carbocycles. The number of anilines is 1. The summed E-state index contributed by atoms with van der Waals surface area (Å²) < 4.78 is 16.6. The number of carbonyl (C=O) groups is 1. The third-order valence-corrected chi connectivity index (χ3v) is 5.86. The lowest BCUT2D eigenvalue weighted by Gasteiger charge is -2.40. The fourth-order valence-electron chi connectivity index (χ4n) is 4.14. The summed E-state index contributed by atoms with van der Waals surface area (Å²) in [7, 11) is 3.18. The SMILES string of the molecule is CNC(=O)c1ccc(NN2C=C3NNC(c4cnco4)=C3N(NC3CCOCC3)C2)c(OC)c1. The minimum absolute atomic E-state index is 0.173. The monoisotopic (exact) mass is 468 g/mol. The van der Waals surface area contributed by atoms with Crippen LogP contribution in [0.15, 0.2) is 52.8 Å². The Morgan fingerprint density at radius 3 is 2.85 bits per heavy atom. The smallest absolute Gasteiger partial charge is 0.251 e. The van der Waals surface area contributed by atoms with E-state index in [1.54, 1.807) is 32.5 Å². The van der Waals surface area contributed by atoms with Gasteiger partial charge >= 0.3 is 0 Å². The van der Waals surface area contributed by atoms with E-state index < -0.39 is 0 Å². The van der Waals surface area contributed by atoms with Crippen LogP contribution in [0.4, 0.5) is 5.69 Å². The Morgan fingerprint density at radius 2 is 2.12 bits per heavy atom. The molecule has 5 N–H and O–H groups in total. The quantitative estimate of drug-likeness (QED) is 0.398. The van der Waals surface area contributed by atoms with Gasteiger partial charge in [-0.1, -0.05) is 0 Å². The van der Waals surface area contributed by atoms with Crippen LogP contribution in [0.1, 0.15) is 29.0 Å². The number of benzene rings is 1. The van der Waals surface area contributed by atoms with E-state index in [9.17, 15) is 4.79 Å². The number of hydrogen-bond donors (Lipinski definition) is 5. The number of hydrogen-bond acceptors (Lipinski definition) is 11. The number of carbonyl (C=O) groups excluding carboxylic acids is 1. The molecule has 0 aliphatic carbocycles. The van der Waals surface area contributed by atoms with Gasteiger partial charge in [-0.05, 0) is 31.0 Å². The number of fused-ring (bicyclic) bond motifs is 1. The van der Waals surface area contributed by atoms with Crippen molar-refractivity contribution >= 4 is 17.3 Å². The van der Waals surface area contributed by atoms with Crippen LogP contribution in [-0.2, 0) is 4.74 Å². The average Bonchev–Trinajstić information content (AvgIpc) is 3.54. The summed E-state index contributed by atoms with van der Waals surface area (Å²) in [5.41, 5.74) is 17.3. The lowest BCUT2D eigenvalue weighted by molar-refractivity contribution is 0.0454. The zero-order chi connectivity index (χ0) is 23.5. The fraction of sp³-hybridized carbons (Fsp3) is 0.364. The summed E-state index contributed by atoms with van der Waals surface area (Å²) in [4.78, 5) is 16.1. The highest BCUT2D eigenvalue weighted by molar-refractivity contribution is 5.95. The maximum Gasteiger partial charge on any atom is 0.251 e. The normalized spacial score (nSPS) is 18.1. The van der Waals surface area contributed by atoms with Gasteiger partial charge in [0.25, 0.3) is 5.91 Å². The Labute approximate surface area is 196 Å². The van der Waals surface area contributed by atoms with Gasteiger partial charge in [0.2, 0.25) is 0 Å². The van der Waals surface area contributed by atoms with Crippen LogP contribution >= 0.6 is 0 Å². The zero-order valence-corrected chi connectivity index (χ0v) is 19.1. The third-order valence-electron chi connectivity index (χ3n) is 5.86. The predicted molar refractivity (Wildman–Crippen MR) is 123 cm³/mol. The number of nitrogens with one attached hydrogen (secondary N) is 5. The van der Waals surface area contributed by atoms with Crippen LogP contribution in [-0.4, -0.2) is 61.0 Å². The second-order valence-electron chi connectivity index (χ2n) is 8.04. The summed E-state index contributed by atoms with van der Waals surface area (Å²) >= 11 is 0. The molecule has 3 aliphatic rings. The molecule has 1 aromatic heterocycles. The maximum absolute atomic E-state index is 12.0. The van der Waals surface area contributed by atoms with Crippen molar-refractivity contribution in [2.24, 2.45) is 0 Å². The molecule has 12 nitrogen and oxygen atoms in total. The molecule has 1 aromatic carbocycles. The summed E-state index contributed by atoms with van der Waals surface area (Å²) in [6, 6.07) is 5.56. The first-order valence-electron chi connectivity index (χ1n) is 11.1. The Hall–Kier alpha value is -3.90. The molecule has 3 aliphatic heterocycles. The van der Waals surface area contributed by atoms with Gasteiger partial charge < -0.3 is 19.2 Å². The van der Waals surface area contributed by atoms with Crippen LogP contribution in [0.3, 0.4) is 0 Å². The molecule has 0 radical (unpaired) electrons. The lowest BCUT2D eigenvalue weighted by atomic mass is 10.1. The molecular formula is C22H28N8O4. The molecule has 0 spiro atoms. The highest BCUT2D eigenvalue weighted by atomic mass is 16.5. The number of oxazole rings is 1. The van der Waals surface area contributed by atoms with Crippen molar-refractivity contribution in [3.05, 3.63) is 59.7 Å². The van der Waals surface area contributed by atoms with Crippen LogP contribution in [0.25, 0.3) is 5.70 Å². The minimum Gasteiger partial charge on any atom is -0.494 e. The topological polar surface area (TPSA) is 128 Å². The standard InChI is InChI=1S/C22H28N8O4/c1-23-22(31)14-3-4-16(18(9-14)32-2)28-29-11-17-21(20(26-25-17)19-10-24-12-34-19)30(13-29)27-15-5-7-33-8-6-15/h3-4,9-12,15,25-28H,5-8,13H2,1-2H3,(H,23,31). The van der Waals surface area contributed by atoms with E-state index in [0.29, 0.717) is 23.7 Å². The molecule has 1 fully saturated rings. The van der Waals surface area contributed by atoms with Crippen molar-refractivity contribution in [2.75, 3.05) is 39.5 Å². The Bertz CT molecular complexity index is 1090. The molecule has 34 heavy (non-hydrogen) atoms. The van der Waals surface area contributed by atoms with Gasteiger partial charge in [-0.2, -0.15) is 0 Å². The van der Waals surface area contributed by atoms with Gasteiger partial charge in [-0.25, -0.2) is 10.4 Å². The number of hydrazine groups is 3. The van der Waals surface area contributed by atoms with Crippen molar-refractivity contribution in [1.29, 1.82) is 0 Å². The molecular weight excluding hydrogens is 440 g/mol. The van der Waals surface area contributed by atoms with E-state index in [4.69, 9.17) is 13.9 Å². The minimum atomic E-state index is -0.173. The van der Waals surface area contributed by atoms with Gasteiger partial charge in [-0.15, -0.1) is 0 Å². The first kappa shape index (κ1) is 21.9. The number of ether oxygens (including phenoxy) is 2. The molecule has 0 atom stereocenters. The van der Waals surface area contributed by atoms with Crippen molar-refractivity contribution in [2.45, 2.75) is 18.9 Å². The summed E-state index contributed by atoms with van der Waals surface area (Å²) in [6.07, 6.45) is 6.89. The largest absolute Gasteiger partial charge is 0.494 e. The zero-order valence-electron chi connectivity index (χ0n) is 19.1. The summed E-state index contributed by atoms with van der Waals surface area (Å²) in [5, 5.41) is 6.64. The third kappa shape index (κ3) is 4.32. The van der Waals surface area contributed by atoms with Crippen molar-refractivity contribution in [3.8, 4) is 5.75 Å². The van der Waals surface area contributed by atoms with Gasteiger partial charge in [0.15, 0.2) is 12.2 Å². The number of nitrogens with zero attached hydrogens (tertiary/aromatic N) is 3. The van der Waals surface area contributed by atoms with Gasteiger partial charge in [0, 0.05) is 31.9 Å². The number of aromatic nitrogens is 1. The van der Waals surface area contributed by atoms with E-state index in [2.05, 4.69) is 37.0 Å². The maximum atomic E-state index is 12.0. The van der Waals surface area contributed by atoms with Crippen molar-refractivity contribution in [3.63, 3.8) is 0 Å². The van der Waals surface area contributed by atoms with Crippen molar-refractivity contribution < 1.29 is 18.7 Å². The molecule has 1 amide bonds. The molecule has 5 rings (SSSR count). The second kappa shape index (κ2) is 9.53. The predicted octanol–water partition coefficient (Wildman–Crippen LogP) is 0.946. The average molecular weight is 469 g/mol. The van der Waals surface area contributed by atoms with Gasteiger partial charge in [0.1, 0.15) is 23.8 Å². The molecule has 0 bridgehead atoms.